The molecule has 11 nitrogen and oxygen atoms in total. The number of nitrogens with zero attached hydrogens (tertiary/aromatic N) is 9. The summed E-state index contributed by atoms with van der Waals surface area (Å²) in [5.41, 5.74) is 20.2. The second-order valence-corrected chi connectivity index (χ2v) is 35.5. The Hall–Kier alpha value is -12.0. The van der Waals surface area contributed by atoms with Crippen LogP contribution in [-0.4, -0.2) is 66.9 Å². The lowest BCUT2D eigenvalue weighted by atomic mass is 9.79. The first-order valence-electron chi connectivity index (χ1n) is 42.2. The zero-order valence-corrected chi connectivity index (χ0v) is 80.6. The van der Waals surface area contributed by atoms with Crippen LogP contribution in [0, 0.1) is 5.82 Å². The standard InChI is InChI=1S/C33H21ClN4.C24H23BClNO2.C18H11BrClN.C15H10ClN3.C13H10.C6H3BrClF.CH3I/c34-27-21-24(19-20-30(27)38-28-17-9-7-15-25(28)26-16-8-10-18-29(26)38)33-36-31(22-11-3-1-4-12-22)35-32(37-33)23-13-5-2-6-14-23;1-23(2)24(3,4)29-25(28-23)16-13-14-22(19(26)15-16)27-20-11-7-5-9-17(20)18-10-6-8-12-21(18)27;19-12-9-10-18(15(20)11-12)21-16-7-3-1-5-13(16)14-6-2-4-8-17(14)21;16-15-18-13(11-7-3-1-4-8-11)17-14(19-15)12-9-5-2-6-10-12;1-3-7-12-10(5-1)9-11-6-2-4-8-13(11)12;7-4-1-2-6(9)5(8)3-4;1-2/h1-21H;5-15H,1-4H3;1-11H;1-10H;1-8H,9H2;1-3H;1H3. The number of alkyl halides is 1. The van der Waals surface area contributed by atoms with Crippen molar-refractivity contribution in [2.24, 2.45) is 0 Å². The van der Waals surface area contributed by atoms with E-state index in [1.54, 1.807) is 6.07 Å². The lowest BCUT2D eigenvalue weighted by Crippen LogP contribution is -2.41. The normalized spacial score (nSPS) is 12.5. The molecule has 0 N–H and O–H groups in total. The zero-order valence-electron chi connectivity index (χ0n) is 71.5. The Kier molecular flexibility index (Phi) is 28.3. The van der Waals surface area contributed by atoms with E-state index < -0.39 is 7.12 Å². The molecule has 0 unspecified atom stereocenters. The average Bonchev–Trinajstić information content (AvgIpc) is 1.60. The third-order valence-corrected chi connectivity index (χ3v) is 25.4. The first-order valence-corrected chi connectivity index (χ1v) is 47.8. The van der Waals surface area contributed by atoms with Gasteiger partial charge < -0.3 is 23.0 Å². The van der Waals surface area contributed by atoms with E-state index >= 15 is 0 Å². The summed E-state index contributed by atoms with van der Waals surface area (Å²) in [6.45, 7) is 8.23. The van der Waals surface area contributed by atoms with Gasteiger partial charge >= 0.3 is 7.12 Å². The fourth-order valence-corrected chi connectivity index (χ4v) is 18.3. The summed E-state index contributed by atoms with van der Waals surface area (Å²) in [6, 6.07) is 130. The summed E-state index contributed by atoms with van der Waals surface area (Å²) >= 11 is 40.4. The molecule has 0 radical (unpaired) electrons. The van der Waals surface area contributed by atoms with Gasteiger partial charge in [-0.15, -0.1) is 0 Å². The maximum atomic E-state index is 12.3. The van der Waals surface area contributed by atoms with E-state index in [9.17, 15) is 4.39 Å². The molecular formula is C110H81BBr2Cl5FIN9O2. The molecule has 1 fully saturated rings. The minimum atomic E-state index is -0.426. The van der Waals surface area contributed by atoms with E-state index in [1.807, 2.05) is 175 Å². The van der Waals surface area contributed by atoms with E-state index in [0.29, 0.717) is 39.2 Å². The van der Waals surface area contributed by atoms with Crippen LogP contribution in [0.4, 0.5) is 4.39 Å². The first-order chi connectivity index (χ1) is 63.8. The predicted molar refractivity (Wildman–Crippen MR) is 560 cm³/mol. The topological polar surface area (TPSA) is 111 Å². The third kappa shape index (κ3) is 19.8. The van der Waals surface area contributed by atoms with Gasteiger partial charge in [0, 0.05) is 69.1 Å². The Labute approximate surface area is 815 Å². The van der Waals surface area contributed by atoms with Gasteiger partial charge in [-0.25, -0.2) is 24.3 Å². The molecule has 0 saturated carbocycles. The van der Waals surface area contributed by atoms with Crippen LogP contribution in [0.5, 0.6) is 0 Å². The highest BCUT2D eigenvalue weighted by atomic mass is 127. The van der Waals surface area contributed by atoms with Crippen molar-refractivity contribution in [3.05, 3.63) is 440 Å². The molecule has 1 aliphatic carbocycles. The second-order valence-electron chi connectivity index (χ2n) is 31.7. The van der Waals surface area contributed by atoms with Crippen molar-refractivity contribution < 1.29 is 13.7 Å². The molecule has 21 aromatic rings. The minimum Gasteiger partial charge on any atom is -0.399 e. The lowest BCUT2D eigenvalue weighted by molar-refractivity contribution is 0.00578. The van der Waals surface area contributed by atoms with Crippen LogP contribution in [0.3, 0.4) is 0 Å². The van der Waals surface area contributed by atoms with Crippen LogP contribution < -0.4 is 5.46 Å². The van der Waals surface area contributed by atoms with Crippen LogP contribution in [0.2, 0.25) is 25.4 Å². The molecule has 1 saturated heterocycles. The fourth-order valence-electron chi connectivity index (χ4n) is 16.1. The van der Waals surface area contributed by atoms with Crippen molar-refractivity contribution in [2.75, 3.05) is 4.93 Å². The van der Waals surface area contributed by atoms with Gasteiger partial charge in [0.05, 0.1) is 81.5 Å². The predicted octanol–water partition coefficient (Wildman–Crippen LogP) is 32.0. The first kappa shape index (κ1) is 90.9. The molecular weight excluding hydrogens is 1970 g/mol. The van der Waals surface area contributed by atoms with Gasteiger partial charge in [-0.2, -0.15) is 9.97 Å². The summed E-state index contributed by atoms with van der Waals surface area (Å²) < 4.78 is 33.2. The molecule has 0 spiro atoms. The summed E-state index contributed by atoms with van der Waals surface area (Å²) in [5, 5.41) is 9.68. The minimum absolute atomic E-state index is 0.143. The van der Waals surface area contributed by atoms with Gasteiger partial charge in [0.1, 0.15) is 5.82 Å². The summed E-state index contributed by atoms with van der Waals surface area (Å²) in [7, 11) is -0.426. The van der Waals surface area contributed by atoms with E-state index in [4.69, 9.17) is 82.3 Å². The number of para-hydroxylation sites is 6. The molecule has 2 aliphatic rings. The van der Waals surface area contributed by atoms with E-state index in [-0.39, 0.29) is 27.3 Å². The molecule has 16 aromatic carbocycles. The number of fused-ring (bicyclic) bond motifs is 12. The van der Waals surface area contributed by atoms with Gasteiger partial charge in [0.25, 0.3) is 0 Å². The monoisotopic (exact) mass is 2050 g/mol. The molecule has 6 heterocycles. The van der Waals surface area contributed by atoms with Crippen LogP contribution in [0.1, 0.15) is 38.8 Å². The molecule has 1 aliphatic heterocycles. The van der Waals surface area contributed by atoms with Gasteiger partial charge in [0.15, 0.2) is 29.1 Å². The van der Waals surface area contributed by atoms with E-state index in [1.165, 1.54) is 77.7 Å². The summed E-state index contributed by atoms with van der Waals surface area (Å²) in [6.07, 6.45) is 1.10. The van der Waals surface area contributed by atoms with Crippen LogP contribution in [0.25, 0.3) is 151 Å². The molecule has 644 valence electrons. The highest BCUT2D eigenvalue weighted by molar-refractivity contribution is 14.1. The SMILES string of the molecule is CC1(C)OB(c2ccc(-n3c4ccccc4c4ccccc43)c(Cl)c2)OC1(C)C.CI.Clc1cc(-c2nc(-c3ccccc3)nc(-c3ccccc3)n2)ccc1-n1c2ccccc2c2ccccc21.Clc1cc(Br)ccc1-n1c2ccccc2c2ccccc21.Clc1nc(-c2ccccc2)nc(-c2ccccc2)n1.Fc1ccc(Br)cc1Cl.c1ccc2c(c1)Cc1ccccc1-2. The quantitative estimate of drug-likeness (QED) is 0.0608. The number of hydrogen-bond acceptors (Lipinski definition) is 8. The van der Waals surface area contributed by atoms with Crippen LogP contribution in [-0.2, 0) is 15.7 Å². The third-order valence-electron chi connectivity index (χ3n) is 23.0. The Morgan fingerprint density at radius 1 is 0.298 bits per heavy atom. The van der Waals surface area contributed by atoms with Crippen molar-refractivity contribution in [1.29, 1.82) is 0 Å². The highest BCUT2D eigenvalue weighted by Crippen LogP contribution is 2.43. The average molecular weight is 2050 g/mol. The van der Waals surface area contributed by atoms with E-state index in [2.05, 4.69) is 311 Å². The summed E-state index contributed by atoms with van der Waals surface area (Å²) in [4.78, 5) is 29.3. The molecule has 21 heteroatoms. The Bertz CT molecular complexity index is 7370. The molecule has 5 aromatic heterocycles. The molecule has 0 amide bonds. The van der Waals surface area contributed by atoms with Crippen molar-refractivity contribution in [3.8, 4) is 85.1 Å². The smallest absolute Gasteiger partial charge is 0.399 e. The van der Waals surface area contributed by atoms with E-state index in [0.717, 1.165) is 92.8 Å². The molecule has 0 atom stereocenters. The number of benzene rings is 16. The Morgan fingerprint density at radius 3 is 0.901 bits per heavy atom. The van der Waals surface area contributed by atoms with Crippen molar-refractivity contribution >= 4 is 190 Å². The van der Waals surface area contributed by atoms with Crippen molar-refractivity contribution in [3.63, 3.8) is 0 Å². The van der Waals surface area contributed by atoms with Crippen molar-refractivity contribution in [2.45, 2.75) is 45.3 Å². The van der Waals surface area contributed by atoms with Gasteiger partial charge in [0.2, 0.25) is 5.28 Å². The molecule has 0 bridgehead atoms. The van der Waals surface area contributed by atoms with Crippen LogP contribution in [0.15, 0.2) is 397 Å². The highest BCUT2D eigenvalue weighted by Gasteiger charge is 2.52. The van der Waals surface area contributed by atoms with Gasteiger partial charge in [-0.05, 0) is 181 Å². The zero-order chi connectivity index (χ0) is 90.9. The van der Waals surface area contributed by atoms with Crippen molar-refractivity contribution in [1.82, 2.24) is 43.6 Å². The summed E-state index contributed by atoms with van der Waals surface area (Å²) in [5.74, 6) is 2.60. The number of hydrogen-bond donors (Lipinski definition) is 0. The maximum absolute atomic E-state index is 12.3. The Balaban J connectivity index is 0.000000115. The maximum Gasteiger partial charge on any atom is 0.494 e. The molecule has 23 rings (SSSR count). The number of rotatable bonds is 9. The Morgan fingerprint density at radius 2 is 0.573 bits per heavy atom. The molecule has 131 heavy (non-hydrogen) atoms. The fraction of sp³-hybridized carbons (Fsp3) is 0.0727. The largest absolute Gasteiger partial charge is 0.494 e. The lowest BCUT2D eigenvalue weighted by Gasteiger charge is -2.32. The second kappa shape index (κ2) is 40.8. The number of halogens is 9. The van der Waals surface area contributed by atoms with Gasteiger partial charge in [-0.3, -0.25) is 0 Å². The van der Waals surface area contributed by atoms with Gasteiger partial charge in [-0.1, -0.05) is 386 Å². The number of aromatic nitrogens is 9. The van der Waals surface area contributed by atoms with Crippen LogP contribution >= 0.6 is 112 Å².